The molecular formula is C17H21NO3S. The minimum absolute atomic E-state index is 0.192. The number of sulfonamides is 1. The molecule has 2 bridgehead atoms. The van der Waals surface area contributed by atoms with E-state index in [1.165, 1.54) is 0 Å². The first-order chi connectivity index (χ1) is 10.3. The summed E-state index contributed by atoms with van der Waals surface area (Å²) < 4.78 is 33.9. The maximum atomic E-state index is 13.1. The van der Waals surface area contributed by atoms with Crippen LogP contribution in [0.3, 0.4) is 0 Å². The highest BCUT2D eigenvalue weighted by atomic mass is 32.2. The Morgan fingerprint density at radius 3 is 2.50 bits per heavy atom. The molecule has 4 nitrogen and oxygen atoms in total. The average molecular weight is 319 g/mol. The van der Waals surface area contributed by atoms with Gasteiger partial charge in [-0.05, 0) is 38.3 Å². The fourth-order valence-electron chi connectivity index (χ4n) is 4.39. The Morgan fingerprint density at radius 2 is 1.91 bits per heavy atom. The maximum absolute atomic E-state index is 13.1. The Morgan fingerprint density at radius 1 is 1.23 bits per heavy atom. The third-order valence-electron chi connectivity index (χ3n) is 5.22. The van der Waals surface area contributed by atoms with Crippen LogP contribution >= 0.6 is 0 Å². The molecule has 0 N–H and O–H groups in total. The van der Waals surface area contributed by atoms with E-state index in [9.17, 15) is 8.42 Å². The van der Waals surface area contributed by atoms with Crippen molar-refractivity contribution in [1.29, 1.82) is 0 Å². The molecule has 0 unspecified atom stereocenters. The van der Waals surface area contributed by atoms with E-state index in [0.29, 0.717) is 23.9 Å². The van der Waals surface area contributed by atoms with E-state index in [-0.39, 0.29) is 11.7 Å². The summed E-state index contributed by atoms with van der Waals surface area (Å²) in [6.07, 6.45) is 5.29. The van der Waals surface area contributed by atoms with Crippen molar-refractivity contribution in [3.05, 3.63) is 41.0 Å². The van der Waals surface area contributed by atoms with E-state index < -0.39 is 10.0 Å². The average Bonchev–Trinajstić information content (AvgIpc) is 3.02. The van der Waals surface area contributed by atoms with E-state index >= 15 is 0 Å². The van der Waals surface area contributed by atoms with Crippen LogP contribution < -0.4 is 0 Å². The monoisotopic (exact) mass is 319 g/mol. The minimum Gasteiger partial charge on any atom is -0.362 e. The molecule has 0 aromatic heterocycles. The lowest BCUT2D eigenvalue weighted by atomic mass is 9.86. The lowest BCUT2D eigenvalue weighted by molar-refractivity contribution is 0.0291. The van der Waals surface area contributed by atoms with E-state index in [1.54, 1.807) is 4.31 Å². The number of ether oxygens (including phenoxy) is 1. The van der Waals surface area contributed by atoms with Crippen LogP contribution in [0, 0.1) is 26.7 Å². The highest BCUT2D eigenvalue weighted by molar-refractivity contribution is 7.89. The van der Waals surface area contributed by atoms with Crippen LogP contribution in [0.1, 0.15) is 23.1 Å². The second-order valence-corrected chi connectivity index (χ2v) is 8.80. The van der Waals surface area contributed by atoms with Gasteiger partial charge in [0.05, 0.1) is 11.0 Å². The van der Waals surface area contributed by atoms with E-state index in [2.05, 4.69) is 12.2 Å². The molecule has 5 heteroatoms. The second-order valence-electron chi connectivity index (χ2n) is 6.93. The van der Waals surface area contributed by atoms with Gasteiger partial charge in [0.1, 0.15) is 5.60 Å². The normalized spacial score (nSPS) is 33.6. The smallest absolute Gasteiger partial charge is 0.243 e. The van der Waals surface area contributed by atoms with Gasteiger partial charge >= 0.3 is 0 Å². The zero-order valence-electron chi connectivity index (χ0n) is 13.2. The standard InChI is InChI=1S/C17H21NO3S/c1-11-6-12(2)16(13(3)7-11)22(19,20)18-9-14-8-15-4-5-17(14,10-18)21-15/h4-7,14-15H,8-10H2,1-3H3/t14-,15+,17+/m0/s1. The van der Waals surface area contributed by atoms with Gasteiger partial charge in [-0.15, -0.1) is 0 Å². The molecule has 0 radical (unpaired) electrons. The van der Waals surface area contributed by atoms with Gasteiger partial charge in [0.15, 0.2) is 0 Å². The van der Waals surface area contributed by atoms with Gasteiger partial charge < -0.3 is 4.74 Å². The highest BCUT2D eigenvalue weighted by Gasteiger charge is 2.57. The molecule has 3 aliphatic rings. The van der Waals surface area contributed by atoms with Crippen molar-refractivity contribution in [2.24, 2.45) is 5.92 Å². The van der Waals surface area contributed by atoms with Crippen molar-refractivity contribution in [3.63, 3.8) is 0 Å². The zero-order valence-corrected chi connectivity index (χ0v) is 14.0. The minimum atomic E-state index is -3.47. The van der Waals surface area contributed by atoms with Crippen LogP contribution in [0.2, 0.25) is 0 Å². The summed E-state index contributed by atoms with van der Waals surface area (Å²) >= 11 is 0. The Balaban J connectivity index is 1.73. The van der Waals surface area contributed by atoms with Gasteiger partial charge in [0.2, 0.25) is 10.0 Å². The number of nitrogens with zero attached hydrogens (tertiary/aromatic N) is 1. The Kier molecular flexibility index (Phi) is 2.91. The predicted molar refractivity (Wildman–Crippen MR) is 84.3 cm³/mol. The molecule has 22 heavy (non-hydrogen) atoms. The molecule has 3 heterocycles. The van der Waals surface area contributed by atoms with Crippen molar-refractivity contribution in [2.75, 3.05) is 13.1 Å². The van der Waals surface area contributed by atoms with Gasteiger partial charge in [-0.3, -0.25) is 0 Å². The van der Waals surface area contributed by atoms with Crippen molar-refractivity contribution < 1.29 is 13.2 Å². The molecule has 118 valence electrons. The van der Waals surface area contributed by atoms with Gasteiger partial charge in [0.25, 0.3) is 0 Å². The van der Waals surface area contributed by atoms with Crippen LogP contribution in [-0.2, 0) is 14.8 Å². The van der Waals surface area contributed by atoms with Crippen LogP contribution in [0.5, 0.6) is 0 Å². The summed E-state index contributed by atoms with van der Waals surface area (Å²) in [7, 11) is -3.47. The van der Waals surface area contributed by atoms with E-state index in [0.717, 1.165) is 23.1 Å². The molecule has 1 aromatic carbocycles. The number of rotatable bonds is 2. The van der Waals surface area contributed by atoms with Crippen molar-refractivity contribution in [3.8, 4) is 0 Å². The van der Waals surface area contributed by atoms with Gasteiger partial charge in [0, 0.05) is 19.0 Å². The number of benzene rings is 1. The Bertz CT molecular complexity index is 760. The molecule has 2 fully saturated rings. The maximum Gasteiger partial charge on any atom is 0.243 e. The van der Waals surface area contributed by atoms with Crippen LogP contribution in [-0.4, -0.2) is 37.5 Å². The van der Waals surface area contributed by atoms with Crippen molar-refractivity contribution >= 4 is 10.0 Å². The summed E-state index contributed by atoms with van der Waals surface area (Å²) in [5.74, 6) is 0.295. The van der Waals surface area contributed by atoms with E-state index in [4.69, 9.17) is 4.74 Å². The fraction of sp³-hybridized carbons (Fsp3) is 0.529. The molecule has 1 aromatic rings. The molecule has 0 saturated carbocycles. The Labute approximate surface area is 131 Å². The summed E-state index contributed by atoms with van der Waals surface area (Å²) in [4.78, 5) is 0.466. The lowest BCUT2D eigenvalue weighted by Crippen LogP contribution is -2.36. The third kappa shape index (κ3) is 1.85. The molecule has 0 amide bonds. The molecule has 3 atom stereocenters. The molecule has 2 saturated heterocycles. The quantitative estimate of drug-likeness (QED) is 0.786. The summed E-state index contributed by atoms with van der Waals surface area (Å²) in [5.41, 5.74) is 2.38. The predicted octanol–water partition coefficient (Wildman–Crippen LogP) is 2.33. The summed E-state index contributed by atoms with van der Waals surface area (Å²) in [5, 5.41) is 0. The summed E-state index contributed by atoms with van der Waals surface area (Å²) in [6.45, 7) is 6.76. The zero-order chi connectivity index (χ0) is 15.7. The number of hydrogen-bond donors (Lipinski definition) is 0. The fourth-order valence-corrected chi connectivity index (χ4v) is 6.33. The molecule has 3 aliphatic heterocycles. The topological polar surface area (TPSA) is 46.6 Å². The molecular weight excluding hydrogens is 298 g/mol. The first kappa shape index (κ1) is 14.4. The first-order valence-corrected chi connectivity index (χ1v) is 9.21. The van der Waals surface area contributed by atoms with Gasteiger partial charge in [-0.2, -0.15) is 4.31 Å². The number of hydrogen-bond acceptors (Lipinski definition) is 3. The lowest BCUT2D eigenvalue weighted by Gasteiger charge is -2.23. The van der Waals surface area contributed by atoms with Gasteiger partial charge in [-0.1, -0.05) is 29.8 Å². The largest absolute Gasteiger partial charge is 0.362 e. The molecule has 1 spiro atoms. The second kappa shape index (κ2) is 4.43. The van der Waals surface area contributed by atoms with Crippen molar-refractivity contribution in [1.82, 2.24) is 4.31 Å². The SMILES string of the molecule is Cc1cc(C)c(S(=O)(=O)N2C[C@@H]3C[C@H]4C=C[C@]3(C2)O4)c(C)c1. The molecule has 0 aliphatic carbocycles. The van der Waals surface area contributed by atoms with Crippen LogP contribution in [0.15, 0.2) is 29.2 Å². The summed E-state index contributed by atoms with van der Waals surface area (Å²) in [6, 6.07) is 3.88. The third-order valence-corrected chi connectivity index (χ3v) is 7.34. The first-order valence-electron chi connectivity index (χ1n) is 7.77. The number of fused-ring (bicyclic) bond motifs is 1. The van der Waals surface area contributed by atoms with E-state index in [1.807, 2.05) is 32.9 Å². The van der Waals surface area contributed by atoms with Gasteiger partial charge in [-0.25, -0.2) is 8.42 Å². The van der Waals surface area contributed by atoms with Crippen LogP contribution in [0.25, 0.3) is 0 Å². The van der Waals surface area contributed by atoms with Crippen LogP contribution in [0.4, 0.5) is 0 Å². The Hall–Kier alpha value is -1.17. The molecule has 4 rings (SSSR count). The highest BCUT2D eigenvalue weighted by Crippen LogP contribution is 2.49. The number of aryl methyl sites for hydroxylation is 3. The van der Waals surface area contributed by atoms with Crippen molar-refractivity contribution in [2.45, 2.75) is 43.8 Å².